The Kier molecular flexibility index (Phi) is 3.44. The first-order chi connectivity index (χ1) is 9.63. The number of amides is 1. The molecule has 0 bridgehead atoms. The molecule has 0 saturated carbocycles. The molecule has 3 rings (SSSR count). The van der Waals surface area contributed by atoms with Crippen molar-refractivity contribution in [1.29, 1.82) is 0 Å². The molecule has 1 atom stereocenters. The molecule has 0 fully saturated rings. The van der Waals surface area contributed by atoms with E-state index in [0.717, 1.165) is 15.9 Å². The maximum atomic E-state index is 12.3. The van der Waals surface area contributed by atoms with Gasteiger partial charge in [-0.3, -0.25) is 4.79 Å². The Morgan fingerprint density at radius 1 is 1.45 bits per heavy atom. The number of anilines is 2. The van der Waals surface area contributed by atoms with E-state index in [9.17, 15) is 4.79 Å². The molecule has 1 aliphatic heterocycles. The molecular weight excluding hydrogens is 318 g/mol. The van der Waals surface area contributed by atoms with Crippen LogP contribution in [0.3, 0.4) is 0 Å². The molecule has 0 spiro atoms. The molecule has 20 heavy (non-hydrogen) atoms. The molecule has 5 heteroatoms. The molecule has 1 unspecified atom stereocenters. The first-order valence-electron chi connectivity index (χ1n) is 6.41. The lowest BCUT2D eigenvalue weighted by Crippen LogP contribution is -2.32. The number of hydrogen-bond donors (Lipinski definition) is 2. The van der Waals surface area contributed by atoms with Gasteiger partial charge in [0.2, 0.25) is 5.91 Å². The fourth-order valence-electron chi connectivity index (χ4n) is 2.31. The summed E-state index contributed by atoms with van der Waals surface area (Å²) in [6, 6.07) is 9.67. The van der Waals surface area contributed by atoms with Crippen molar-refractivity contribution < 1.29 is 4.79 Å². The monoisotopic (exact) mass is 331 g/mol. The Labute approximate surface area is 125 Å². The molecule has 1 aromatic carbocycles. The summed E-state index contributed by atoms with van der Waals surface area (Å²) in [7, 11) is 0. The summed E-state index contributed by atoms with van der Waals surface area (Å²) in [4.78, 5) is 16.4. The Morgan fingerprint density at radius 3 is 3.00 bits per heavy atom. The molecule has 0 radical (unpaired) electrons. The standard InChI is InChI=1S/C15H14BrN3O/c1-9-6-11(8-17-14(9)16)18-15(20)13-7-10-4-2-3-5-12(10)19-13/h2-6,8,13,19H,7H2,1H3,(H,18,20). The van der Waals surface area contributed by atoms with Crippen LogP contribution in [0, 0.1) is 6.92 Å². The van der Waals surface area contributed by atoms with Gasteiger partial charge in [0, 0.05) is 12.1 Å². The summed E-state index contributed by atoms with van der Waals surface area (Å²) in [6.45, 7) is 1.94. The summed E-state index contributed by atoms with van der Waals surface area (Å²) in [5, 5.41) is 6.14. The van der Waals surface area contributed by atoms with Crippen molar-refractivity contribution in [2.75, 3.05) is 10.6 Å². The highest BCUT2D eigenvalue weighted by atomic mass is 79.9. The van der Waals surface area contributed by atoms with Crippen LogP contribution in [0.1, 0.15) is 11.1 Å². The molecule has 4 nitrogen and oxygen atoms in total. The van der Waals surface area contributed by atoms with E-state index in [1.54, 1.807) is 6.20 Å². The lowest BCUT2D eigenvalue weighted by atomic mass is 10.1. The Bertz CT molecular complexity index is 647. The summed E-state index contributed by atoms with van der Waals surface area (Å²) in [5.74, 6) is -0.0373. The van der Waals surface area contributed by atoms with Crippen LogP contribution in [0.5, 0.6) is 0 Å². The van der Waals surface area contributed by atoms with Crippen LogP contribution in [0.25, 0.3) is 0 Å². The van der Waals surface area contributed by atoms with Crippen LogP contribution in [-0.2, 0) is 11.2 Å². The molecule has 1 amide bonds. The zero-order valence-electron chi connectivity index (χ0n) is 11.0. The van der Waals surface area contributed by atoms with E-state index in [1.807, 2.05) is 37.3 Å². The summed E-state index contributed by atoms with van der Waals surface area (Å²) < 4.78 is 0.793. The van der Waals surface area contributed by atoms with Gasteiger partial charge in [-0.25, -0.2) is 4.98 Å². The summed E-state index contributed by atoms with van der Waals surface area (Å²) in [5.41, 5.74) is 3.93. The van der Waals surface area contributed by atoms with Gasteiger partial charge in [-0.1, -0.05) is 18.2 Å². The summed E-state index contributed by atoms with van der Waals surface area (Å²) in [6.07, 6.45) is 2.36. The maximum absolute atomic E-state index is 12.3. The topological polar surface area (TPSA) is 54.0 Å². The zero-order valence-corrected chi connectivity index (χ0v) is 12.6. The summed E-state index contributed by atoms with van der Waals surface area (Å²) >= 11 is 3.35. The number of aryl methyl sites for hydroxylation is 1. The van der Waals surface area contributed by atoms with E-state index in [4.69, 9.17) is 0 Å². The fraction of sp³-hybridized carbons (Fsp3) is 0.200. The second kappa shape index (κ2) is 5.25. The predicted molar refractivity (Wildman–Crippen MR) is 82.9 cm³/mol. The molecule has 0 aliphatic carbocycles. The third-order valence-electron chi connectivity index (χ3n) is 3.37. The van der Waals surface area contributed by atoms with E-state index in [2.05, 4.69) is 31.5 Å². The normalized spacial score (nSPS) is 16.4. The third kappa shape index (κ3) is 2.54. The average molecular weight is 332 g/mol. The van der Waals surface area contributed by atoms with Gasteiger partial charge in [-0.15, -0.1) is 0 Å². The van der Waals surface area contributed by atoms with Crippen molar-refractivity contribution in [1.82, 2.24) is 4.98 Å². The quantitative estimate of drug-likeness (QED) is 0.831. The first-order valence-corrected chi connectivity index (χ1v) is 7.20. The van der Waals surface area contributed by atoms with Gasteiger partial charge in [0.15, 0.2) is 0 Å². The van der Waals surface area contributed by atoms with E-state index < -0.39 is 0 Å². The van der Waals surface area contributed by atoms with Crippen molar-refractivity contribution in [3.8, 4) is 0 Å². The van der Waals surface area contributed by atoms with Gasteiger partial charge in [0.25, 0.3) is 0 Å². The predicted octanol–water partition coefficient (Wildman–Crippen LogP) is 3.13. The first kappa shape index (κ1) is 13.1. The van der Waals surface area contributed by atoms with Gasteiger partial charge in [-0.2, -0.15) is 0 Å². The number of rotatable bonds is 2. The number of halogens is 1. The molecule has 0 saturated heterocycles. The maximum Gasteiger partial charge on any atom is 0.247 e. The van der Waals surface area contributed by atoms with Gasteiger partial charge < -0.3 is 10.6 Å². The van der Waals surface area contributed by atoms with Gasteiger partial charge >= 0.3 is 0 Å². The van der Waals surface area contributed by atoms with Gasteiger partial charge in [0.1, 0.15) is 10.6 Å². The largest absolute Gasteiger partial charge is 0.373 e. The molecule has 102 valence electrons. The number of aromatic nitrogens is 1. The highest BCUT2D eigenvalue weighted by Crippen LogP contribution is 2.26. The number of nitrogens with zero attached hydrogens (tertiary/aromatic N) is 1. The SMILES string of the molecule is Cc1cc(NC(=O)C2Cc3ccccc3N2)cnc1Br. The van der Waals surface area contributed by atoms with Crippen LogP contribution < -0.4 is 10.6 Å². The van der Waals surface area contributed by atoms with E-state index in [1.165, 1.54) is 5.56 Å². The van der Waals surface area contributed by atoms with Crippen molar-refractivity contribution in [3.63, 3.8) is 0 Å². The second-order valence-electron chi connectivity index (χ2n) is 4.88. The Morgan fingerprint density at radius 2 is 2.25 bits per heavy atom. The van der Waals surface area contributed by atoms with E-state index in [0.29, 0.717) is 12.1 Å². The van der Waals surface area contributed by atoms with Gasteiger partial charge in [-0.05, 0) is 46.1 Å². The minimum Gasteiger partial charge on any atom is -0.373 e. The number of benzene rings is 1. The zero-order chi connectivity index (χ0) is 14.1. The highest BCUT2D eigenvalue weighted by molar-refractivity contribution is 9.10. The van der Waals surface area contributed by atoms with Crippen molar-refractivity contribution in [2.24, 2.45) is 0 Å². The molecule has 1 aliphatic rings. The number of hydrogen-bond acceptors (Lipinski definition) is 3. The number of fused-ring (bicyclic) bond motifs is 1. The van der Waals surface area contributed by atoms with Crippen molar-refractivity contribution >= 4 is 33.2 Å². The molecule has 2 aromatic rings. The van der Waals surface area contributed by atoms with Crippen molar-refractivity contribution in [2.45, 2.75) is 19.4 Å². The molecule has 1 aromatic heterocycles. The van der Waals surface area contributed by atoms with Crippen molar-refractivity contribution in [3.05, 3.63) is 52.3 Å². The van der Waals surface area contributed by atoms with Crippen LogP contribution >= 0.6 is 15.9 Å². The smallest absolute Gasteiger partial charge is 0.247 e. The Hall–Kier alpha value is -1.88. The second-order valence-corrected chi connectivity index (χ2v) is 5.63. The van der Waals surface area contributed by atoms with Crippen LogP contribution in [0.4, 0.5) is 11.4 Å². The van der Waals surface area contributed by atoms with Crippen LogP contribution in [-0.4, -0.2) is 16.9 Å². The number of nitrogens with one attached hydrogen (secondary N) is 2. The number of pyridine rings is 1. The van der Waals surface area contributed by atoms with Crippen LogP contribution in [0.15, 0.2) is 41.1 Å². The minimum absolute atomic E-state index is 0.0373. The molecule has 2 N–H and O–H groups in total. The average Bonchev–Trinajstić information content (AvgIpc) is 2.87. The van der Waals surface area contributed by atoms with E-state index in [-0.39, 0.29) is 11.9 Å². The number of carbonyl (C=O) groups excluding carboxylic acids is 1. The number of para-hydroxylation sites is 1. The molecular formula is C15H14BrN3O. The highest BCUT2D eigenvalue weighted by Gasteiger charge is 2.26. The number of carbonyl (C=O) groups is 1. The lowest BCUT2D eigenvalue weighted by Gasteiger charge is -2.12. The Balaban J connectivity index is 1.71. The minimum atomic E-state index is -0.226. The van der Waals surface area contributed by atoms with E-state index >= 15 is 0 Å². The fourth-order valence-corrected chi connectivity index (χ4v) is 2.53. The van der Waals surface area contributed by atoms with Gasteiger partial charge in [0.05, 0.1) is 11.9 Å². The lowest BCUT2D eigenvalue weighted by molar-refractivity contribution is -0.116. The molecule has 2 heterocycles. The third-order valence-corrected chi connectivity index (χ3v) is 4.20. The van der Waals surface area contributed by atoms with Crippen LogP contribution in [0.2, 0.25) is 0 Å².